The van der Waals surface area contributed by atoms with Gasteiger partial charge in [0.1, 0.15) is 15.9 Å². The van der Waals surface area contributed by atoms with Crippen LogP contribution in [0, 0.1) is 5.92 Å². The number of fused-ring (bicyclic) bond motifs is 1. The van der Waals surface area contributed by atoms with Gasteiger partial charge >= 0.3 is 0 Å². The van der Waals surface area contributed by atoms with Crippen LogP contribution in [0.1, 0.15) is 19.8 Å². The van der Waals surface area contributed by atoms with Crippen molar-refractivity contribution in [1.29, 1.82) is 0 Å². The van der Waals surface area contributed by atoms with Gasteiger partial charge in [0.2, 0.25) is 10.0 Å². The van der Waals surface area contributed by atoms with Gasteiger partial charge < -0.3 is 5.73 Å². The molecule has 1 aliphatic rings. The van der Waals surface area contributed by atoms with E-state index in [-0.39, 0.29) is 23.3 Å². The van der Waals surface area contributed by atoms with Gasteiger partial charge in [-0.2, -0.15) is 13.1 Å². The summed E-state index contributed by atoms with van der Waals surface area (Å²) in [6.07, 6.45) is 1.62. The third-order valence-corrected chi connectivity index (χ3v) is 6.58. The first-order valence-corrected chi connectivity index (χ1v) is 9.14. The fraction of sp³-hybridized carbons (Fsp3) is 0.538. The molecule has 1 saturated heterocycles. The van der Waals surface area contributed by atoms with Crippen molar-refractivity contribution in [3.63, 3.8) is 0 Å². The Labute approximate surface area is 140 Å². The third kappa shape index (κ3) is 3.11. The van der Waals surface area contributed by atoms with Gasteiger partial charge in [-0.05, 0) is 37.8 Å². The molecular weight excluding hydrogens is 344 g/mol. The maximum absolute atomic E-state index is 12.8. The molecule has 2 heterocycles. The van der Waals surface area contributed by atoms with E-state index in [1.807, 2.05) is 6.92 Å². The number of nitrogens with two attached hydrogens (primary N) is 1. The van der Waals surface area contributed by atoms with Crippen LogP contribution in [-0.2, 0) is 10.0 Å². The van der Waals surface area contributed by atoms with Crippen molar-refractivity contribution >= 4 is 45.2 Å². The number of sulfonamides is 1. The van der Waals surface area contributed by atoms with Crippen molar-refractivity contribution in [2.75, 3.05) is 13.1 Å². The Morgan fingerprint density at radius 2 is 2.00 bits per heavy atom. The van der Waals surface area contributed by atoms with E-state index in [1.54, 1.807) is 22.5 Å². The minimum atomic E-state index is -3.51. The van der Waals surface area contributed by atoms with Crippen LogP contribution in [0.15, 0.2) is 23.1 Å². The Balaban J connectivity index is 0.00000176. The average Bonchev–Trinajstić information content (AvgIpc) is 2.95. The van der Waals surface area contributed by atoms with Gasteiger partial charge in [0.05, 0.1) is 11.7 Å². The van der Waals surface area contributed by atoms with E-state index < -0.39 is 10.0 Å². The smallest absolute Gasteiger partial charge is 0.245 e. The molecule has 9 heteroatoms. The summed E-state index contributed by atoms with van der Waals surface area (Å²) in [6, 6.07) is 5.21. The highest BCUT2D eigenvalue weighted by molar-refractivity contribution is 7.89. The predicted molar refractivity (Wildman–Crippen MR) is 89.8 cm³/mol. The largest absolute Gasteiger partial charge is 0.328 e. The molecular formula is C13H19ClN4O2S2. The Morgan fingerprint density at radius 1 is 1.32 bits per heavy atom. The van der Waals surface area contributed by atoms with E-state index in [2.05, 4.69) is 8.75 Å². The highest BCUT2D eigenvalue weighted by Gasteiger charge is 2.32. The van der Waals surface area contributed by atoms with Crippen molar-refractivity contribution in [2.24, 2.45) is 11.7 Å². The molecule has 1 aromatic heterocycles. The molecule has 1 fully saturated rings. The Morgan fingerprint density at radius 3 is 2.64 bits per heavy atom. The number of hydrogen-bond acceptors (Lipinski definition) is 6. The summed E-state index contributed by atoms with van der Waals surface area (Å²) in [5.74, 6) is 0.396. The number of rotatable bonds is 3. The highest BCUT2D eigenvalue weighted by atomic mass is 35.5. The number of halogens is 1. The van der Waals surface area contributed by atoms with E-state index in [0.29, 0.717) is 30.0 Å². The fourth-order valence-corrected chi connectivity index (χ4v) is 4.99. The van der Waals surface area contributed by atoms with Crippen LogP contribution < -0.4 is 5.73 Å². The van der Waals surface area contributed by atoms with Gasteiger partial charge in [0.25, 0.3) is 0 Å². The Kier molecular flexibility index (Phi) is 5.39. The molecule has 1 unspecified atom stereocenters. The van der Waals surface area contributed by atoms with E-state index >= 15 is 0 Å². The summed E-state index contributed by atoms with van der Waals surface area (Å²) in [5, 5.41) is 0. The van der Waals surface area contributed by atoms with Crippen LogP contribution in [0.4, 0.5) is 0 Å². The molecule has 0 bridgehead atoms. The molecule has 1 aromatic carbocycles. The van der Waals surface area contributed by atoms with Crippen LogP contribution in [0.5, 0.6) is 0 Å². The second kappa shape index (κ2) is 6.76. The van der Waals surface area contributed by atoms with Crippen LogP contribution >= 0.6 is 24.1 Å². The van der Waals surface area contributed by atoms with Gasteiger partial charge in [-0.25, -0.2) is 8.42 Å². The first kappa shape index (κ1) is 17.6. The number of aromatic nitrogens is 2. The van der Waals surface area contributed by atoms with Crippen LogP contribution in [0.25, 0.3) is 11.0 Å². The summed E-state index contributed by atoms with van der Waals surface area (Å²) in [4.78, 5) is 0.257. The number of nitrogens with zero attached hydrogens (tertiary/aromatic N) is 3. The minimum Gasteiger partial charge on any atom is -0.328 e. The highest BCUT2D eigenvalue weighted by Crippen LogP contribution is 2.28. The van der Waals surface area contributed by atoms with E-state index in [1.165, 1.54) is 0 Å². The standard InChI is InChI=1S/C13H18N4O2S2.ClH/c1-9(14)10-5-7-17(8-6-10)21(18,19)12-4-2-3-11-13(12)16-20-15-11;/h2-4,9-10H,5-8,14H2,1H3;1H. The molecule has 0 spiro atoms. The van der Waals surface area contributed by atoms with Crippen molar-refractivity contribution in [1.82, 2.24) is 13.1 Å². The topological polar surface area (TPSA) is 89.2 Å². The Hall–Kier alpha value is -0.800. The van der Waals surface area contributed by atoms with Gasteiger partial charge in [-0.1, -0.05) is 6.07 Å². The zero-order valence-electron chi connectivity index (χ0n) is 12.2. The molecule has 0 radical (unpaired) electrons. The lowest BCUT2D eigenvalue weighted by molar-refractivity contribution is 0.251. The minimum absolute atomic E-state index is 0. The molecule has 2 N–H and O–H groups in total. The number of hydrogen-bond donors (Lipinski definition) is 1. The van der Waals surface area contributed by atoms with Crippen LogP contribution in [-0.4, -0.2) is 40.6 Å². The molecule has 2 aromatic rings. The maximum Gasteiger partial charge on any atom is 0.245 e. The van der Waals surface area contributed by atoms with Crippen LogP contribution in [0.2, 0.25) is 0 Å². The molecule has 1 aliphatic heterocycles. The fourth-order valence-electron chi connectivity index (χ4n) is 2.77. The second-order valence-corrected chi connectivity index (χ2v) is 7.92. The molecule has 122 valence electrons. The molecule has 22 heavy (non-hydrogen) atoms. The molecule has 3 rings (SSSR count). The van der Waals surface area contributed by atoms with Crippen LogP contribution in [0.3, 0.4) is 0 Å². The zero-order chi connectivity index (χ0) is 15.0. The monoisotopic (exact) mass is 362 g/mol. The number of piperidine rings is 1. The van der Waals surface area contributed by atoms with Gasteiger partial charge in [0.15, 0.2) is 0 Å². The molecule has 0 amide bonds. The molecule has 0 saturated carbocycles. The quantitative estimate of drug-likeness (QED) is 0.900. The van der Waals surface area contributed by atoms with E-state index in [9.17, 15) is 8.42 Å². The van der Waals surface area contributed by atoms with Crippen molar-refractivity contribution in [2.45, 2.75) is 30.7 Å². The lowest BCUT2D eigenvalue weighted by Crippen LogP contribution is -2.42. The average molecular weight is 363 g/mol. The van der Waals surface area contributed by atoms with E-state index in [4.69, 9.17) is 5.73 Å². The van der Waals surface area contributed by atoms with Gasteiger partial charge in [-0.15, -0.1) is 12.4 Å². The summed E-state index contributed by atoms with van der Waals surface area (Å²) < 4.78 is 35.4. The molecule has 6 nitrogen and oxygen atoms in total. The normalized spacial score (nSPS) is 19.0. The zero-order valence-corrected chi connectivity index (χ0v) is 14.6. The first-order valence-electron chi connectivity index (χ1n) is 6.97. The lowest BCUT2D eigenvalue weighted by atomic mass is 9.92. The molecule has 1 atom stereocenters. The lowest BCUT2D eigenvalue weighted by Gasteiger charge is -2.32. The van der Waals surface area contributed by atoms with Crippen molar-refractivity contribution in [3.05, 3.63) is 18.2 Å². The summed E-state index contributed by atoms with van der Waals surface area (Å²) >= 11 is 1.03. The predicted octanol–water partition coefficient (Wildman–Crippen LogP) is 1.86. The summed E-state index contributed by atoms with van der Waals surface area (Å²) in [6.45, 7) is 3.02. The molecule has 0 aliphatic carbocycles. The van der Waals surface area contributed by atoms with Gasteiger partial charge in [-0.3, -0.25) is 0 Å². The maximum atomic E-state index is 12.8. The summed E-state index contributed by atoms with van der Waals surface area (Å²) in [7, 11) is -3.51. The first-order chi connectivity index (χ1) is 10.00. The van der Waals surface area contributed by atoms with Gasteiger partial charge in [0, 0.05) is 19.1 Å². The van der Waals surface area contributed by atoms with Crippen molar-refractivity contribution in [3.8, 4) is 0 Å². The SMILES string of the molecule is CC(N)C1CCN(S(=O)(=O)c2cccc3nsnc23)CC1.Cl. The third-order valence-electron chi connectivity index (χ3n) is 4.11. The number of benzene rings is 1. The second-order valence-electron chi connectivity index (χ2n) is 5.49. The Bertz CT molecular complexity index is 739. The summed E-state index contributed by atoms with van der Waals surface area (Å²) in [5.41, 5.74) is 7.01. The van der Waals surface area contributed by atoms with E-state index in [0.717, 1.165) is 24.6 Å². The van der Waals surface area contributed by atoms with Crippen molar-refractivity contribution < 1.29 is 8.42 Å².